The Bertz CT molecular complexity index is 265. The zero-order valence-electron chi connectivity index (χ0n) is 7.99. The maximum Gasteiger partial charge on any atom is 0.311 e. The van der Waals surface area contributed by atoms with Crippen molar-refractivity contribution in [3.8, 4) is 5.75 Å². The summed E-state index contributed by atoms with van der Waals surface area (Å²) in [5, 5.41) is 0. The summed E-state index contributed by atoms with van der Waals surface area (Å²) < 4.78 is 5.09. The van der Waals surface area contributed by atoms with E-state index >= 15 is 0 Å². The van der Waals surface area contributed by atoms with Crippen molar-refractivity contribution in [3.63, 3.8) is 0 Å². The van der Waals surface area contributed by atoms with Crippen molar-refractivity contribution in [1.29, 1.82) is 0 Å². The van der Waals surface area contributed by atoms with E-state index in [1.165, 1.54) is 0 Å². The van der Waals surface area contributed by atoms with Crippen molar-refractivity contribution < 1.29 is 9.53 Å². The van der Waals surface area contributed by atoms with Gasteiger partial charge in [0, 0.05) is 6.42 Å². The lowest BCUT2D eigenvalue weighted by Gasteiger charge is -2.05. The van der Waals surface area contributed by atoms with E-state index in [0.717, 1.165) is 0 Å². The predicted molar refractivity (Wildman–Crippen MR) is 51.5 cm³/mol. The lowest BCUT2D eigenvalue weighted by Crippen LogP contribution is -2.10. The Morgan fingerprint density at radius 2 is 1.92 bits per heavy atom. The van der Waals surface area contributed by atoms with Crippen LogP contribution in [0.15, 0.2) is 30.3 Å². The van der Waals surface area contributed by atoms with Crippen LogP contribution in [-0.4, -0.2) is 5.97 Å². The molecule has 1 aromatic carbocycles. The van der Waals surface area contributed by atoms with Gasteiger partial charge in [0.1, 0.15) is 5.75 Å². The summed E-state index contributed by atoms with van der Waals surface area (Å²) in [5.41, 5.74) is 0. The highest BCUT2D eigenvalue weighted by Crippen LogP contribution is 2.10. The van der Waals surface area contributed by atoms with E-state index in [4.69, 9.17) is 4.74 Å². The second-order valence-corrected chi connectivity index (χ2v) is 3.39. The fourth-order valence-corrected chi connectivity index (χ4v) is 0.995. The van der Waals surface area contributed by atoms with Crippen LogP contribution < -0.4 is 4.74 Å². The molecule has 2 heteroatoms. The third kappa shape index (κ3) is 3.74. The zero-order chi connectivity index (χ0) is 9.68. The molecular formula is C11H14O2. The summed E-state index contributed by atoms with van der Waals surface area (Å²) in [4.78, 5) is 11.2. The van der Waals surface area contributed by atoms with Gasteiger partial charge in [0.2, 0.25) is 0 Å². The second kappa shape index (κ2) is 4.65. The molecule has 0 bridgehead atoms. The molecule has 0 saturated heterocycles. The van der Waals surface area contributed by atoms with Crippen LogP contribution in [0.25, 0.3) is 0 Å². The first-order valence-electron chi connectivity index (χ1n) is 4.44. The molecule has 1 aromatic rings. The van der Waals surface area contributed by atoms with E-state index in [1.54, 1.807) is 12.1 Å². The topological polar surface area (TPSA) is 26.3 Å². The summed E-state index contributed by atoms with van der Waals surface area (Å²) in [7, 11) is 0. The first kappa shape index (κ1) is 9.78. The Kier molecular flexibility index (Phi) is 3.50. The van der Waals surface area contributed by atoms with E-state index < -0.39 is 0 Å². The van der Waals surface area contributed by atoms with Crippen molar-refractivity contribution in [2.45, 2.75) is 20.3 Å². The van der Waals surface area contributed by atoms with E-state index in [2.05, 4.69) is 0 Å². The van der Waals surface area contributed by atoms with Crippen molar-refractivity contribution in [2.24, 2.45) is 5.92 Å². The van der Waals surface area contributed by atoms with Gasteiger partial charge in [-0.15, -0.1) is 0 Å². The molecule has 0 heterocycles. The number of rotatable bonds is 3. The van der Waals surface area contributed by atoms with Crippen molar-refractivity contribution in [3.05, 3.63) is 30.3 Å². The lowest BCUT2D eigenvalue weighted by molar-refractivity contribution is -0.135. The number of esters is 1. The first-order valence-corrected chi connectivity index (χ1v) is 4.44. The molecule has 0 atom stereocenters. The van der Waals surface area contributed by atoms with E-state index in [0.29, 0.717) is 18.1 Å². The van der Waals surface area contributed by atoms with Gasteiger partial charge in [0.05, 0.1) is 0 Å². The van der Waals surface area contributed by atoms with Crippen LogP contribution in [0.3, 0.4) is 0 Å². The number of hydrogen-bond donors (Lipinski definition) is 0. The molecule has 0 aliphatic heterocycles. The van der Waals surface area contributed by atoms with Crippen molar-refractivity contribution in [2.75, 3.05) is 0 Å². The van der Waals surface area contributed by atoms with Gasteiger partial charge in [0.25, 0.3) is 0 Å². The monoisotopic (exact) mass is 178 g/mol. The molecule has 0 aliphatic rings. The first-order chi connectivity index (χ1) is 6.18. The highest BCUT2D eigenvalue weighted by atomic mass is 16.5. The lowest BCUT2D eigenvalue weighted by atomic mass is 10.1. The number of carbonyl (C=O) groups excluding carboxylic acids is 1. The Morgan fingerprint density at radius 1 is 1.31 bits per heavy atom. The maximum absolute atomic E-state index is 11.2. The van der Waals surface area contributed by atoms with Crippen LogP contribution in [0.4, 0.5) is 0 Å². The second-order valence-electron chi connectivity index (χ2n) is 3.39. The Balaban J connectivity index is 2.46. The molecule has 0 radical (unpaired) electrons. The van der Waals surface area contributed by atoms with E-state index in [-0.39, 0.29) is 5.97 Å². The minimum absolute atomic E-state index is 0.166. The summed E-state index contributed by atoms with van der Waals surface area (Å²) >= 11 is 0. The molecular weight excluding hydrogens is 164 g/mol. The molecule has 0 aromatic heterocycles. The van der Waals surface area contributed by atoms with Gasteiger partial charge >= 0.3 is 5.97 Å². The number of benzene rings is 1. The van der Waals surface area contributed by atoms with Crippen LogP contribution in [0.2, 0.25) is 0 Å². The molecule has 13 heavy (non-hydrogen) atoms. The SMILES string of the molecule is CC(C)CC(=O)Oc1ccccc1. The summed E-state index contributed by atoms with van der Waals surface area (Å²) in [5.74, 6) is 0.797. The quantitative estimate of drug-likeness (QED) is 0.525. The normalized spacial score (nSPS) is 10.1. The minimum atomic E-state index is -0.166. The number of para-hydroxylation sites is 1. The third-order valence-corrected chi connectivity index (χ3v) is 1.55. The molecule has 70 valence electrons. The molecule has 0 amide bonds. The van der Waals surface area contributed by atoms with Gasteiger partial charge in [-0.1, -0.05) is 32.0 Å². The number of ether oxygens (including phenoxy) is 1. The molecule has 0 saturated carbocycles. The van der Waals surface area contributed by atoms with Crippen LogP contribution in [0, 0.1) is 5.92 Å². The molecule has 0 aliphatic carbocycles. The van der Waals surface area contributed by atoms with Crippen LogP contribution in [-0.2, 0) is 4.79 Å². The van der Waals surface area contributed by atoms with Crippen LogP contribution >= 0.6 is 0 Å². The average molecular weight is 178 g/mol. The van der Waals surface area contributed by atoms with Crippen LogP contribution in [0.1, 0.15) is 20.3 Å². The Labute approximate surface area is 78.5 Å². The van der Waals surface area contributed by atoms with Crippen molar-refractivity contribution >= 4 is 5.97 Å². The van der Waals surface area contributed by atoms with Gasteiger partial charge in [0.15, 0.2) is 0 Å². The van der Waals surface area contributed by atoms with Gasteiger partial charge in [-0.25, -0.2) is 0 Å². The number of carbonyl (C=O) groups is 1. The number of hydrogen-bond acceptors (Lipinski definition) is 2. The van der Waals surface area contributed by atoms with E-state index in [9.17, 15) is 4.79 Å². The third-order valence-electron chi connectivity index (χ3n) is 1.55. The predicted octanol–water partition coefficient (Wildman–Crippen LogP) is 2.64. The summed E-state index contributed by atoms with van der Waals surface area (Å²) in [6.45, 7) is 3.98. The summed E-state index contributed by atoms with van der Waals surface area (Å²) in [6, 6.07) is 9.13. The smallest absolute Gasteiger partial charge is 0.311 e. The zero-order valence-corrected chi connectivity index (χ0v) is 7.99. The maximum atomic E-state index is 11.2. The molecule has 1 rings (SSSR count). The fourth-order valence-electron chi connectivity index (χ4n) is 0.995. The van der Waals surface area contributed by atoms with Crippen LogP contribution in [0.5, 0.6) is 5.75 Å². The van der Waals surface area contributed by atoms with E-state index in [1.807, 2.05) is 32.0 Å². The van der Waals surface area contributed by atoms with Gasteiger partial charge in [-0.3, -0.25) is 4.79 Å². The highest BCUT2D eigenvalue weighted by Gasteiger charge is 2.06. The minimum Gasteiger partial charge on any atom is -0.427 e. The Morgan fingerprint density at radius 3 is 2.46 bits per heavy atom. The van der Waals surface area contributed by atoms with Gasteiger partial charge in [-0.05, 0) is 18.1 Å². The summed E-state index contributed by atoms with van der Waals surface area (Å²) in [6.07, 6.45) is 0.467. The average Bonchev–Trinajstić information content (AvgIpc) is 2.04. The molecule has 0 spiro atoms. The fraction of sp³-hybridized carbons (Fsp3) is 0.364. The largest absolute Gasteiger partial charge is 0.427 e. The molecule has 2 nitrogen and oxygen atoms in total. The highest BCUT2D eigenvalue weighted by molar-refractivity contribution is 5.72. The Hall–Kier alpha value is -1.31. The van der Waals surface area contributed by atoms with Gasteiger partial charge < -0.3 is 4.74 Å². The van der Waals surface area contributed by atoms with Gasteiger partial charge in [-0.2, -0.15) is 0 Å². The molecule has 0 unspecified atom stereocenters. The standard InChI is InChI=1S/C11H14O2/c1-9(2)8-11(12)13-10-6-4-3-5-7-10/h3-7,9H,8H2,1-2H3. The van der Waals surface area contributed by atoms with Crippen molar-refractivity contribution in [1.82, 2.24) is 0 Å². The molecule has 0 N–H and O–H groups in total. The molecule has 0 fully saturated rings.